The summed E-state index contributed by atoms with van der Waals surface area (Å²) in [6.07, 6.45) is 3.06. The number of esters is 1. The quantitative estimate of drug-likeness (QED) is 0.685. The van der Waals surface area contributed by atoms with Crippen LogP contribution in [0.2, 0.25) is 5.15 Å². The molecular weight excluding hydrogens is 390 g/mol. The van der Waals surface area contributed by atoms with Gasteiger partial charge in [-0.1, -0.05) is 41.4 Å². The topological polar surface area (TPSA) is 64.4 Å². The predicted octanol–water partition coefficient (Wildman–Crippen LogP) is 4.15. The maximum absolute atomic E-state index is 12.6. The standard InChI is InChI=1S/C22H28ClN3O3/c1-14-8-10-18(11-9-14)12-25-21(23)20(17(4)24-25)22(28)29-13-19(27)26-15(2)6-5-7-16(26)3/h8-11,15-16H,5-7,12-13H2,1-4H3/t15-,16-/m0/s1. The average molecular weight is 418 g/mol. The first-order chi connectivity index (χ1) is 13.8. The highest BCUT2D eigenvalue weighted by Crippen LogP contribution is 2.24. The molecule has 3 rings (SSSR count). The zero-order valence-corrected chi connectivity index (χ0v) is 18.2. The monoisotopic (exact) mass is 417 g/mol. The summed E-state index contributed by atoms with van der Waals surface area (Å²) in [6, 6.07) is 8.35. The molecule has 0 N–H and O–H groups in total. The molecule has 29 heavy (non-hydrogen) atoms. The van der Waals surface area contributed by atoms with E-state index < -0.39 is 5.97 Å². The number of likely N-dealkylation sites (tertiary alicyclic amines) is 1. The van der Waals surface area contributed by atoms with Crippen LogP contribution in [0.25, 0.3) is 0 Å². The normalized spacial score (nSPS) is 19.3. The fourth-order valence-electron chi connectivity index (χ4n) is 3.94. The van der Waals surface area contributed by atoms with Gasteiger partial charge in [0.05, 0.1) is 12.2 Å². The first-order valence-electron chi connectivity index (χ1n) is 10.0. The van der Waals surface area contributed by atoms with Crippen LogP contribution in [0.1, 0.15) is 60.3 Å². The summed E-state index contributed by atoms with van der Waals surface area (Å²) in [5.74, 6) is -0.785. The number of hydrogen-bond acceptors (Lipinski definition) is 4. The Morgan fingerprint density at radius 3 is 2.38 bits per heavy atom. The van der Waals surface area contributed by atoms with E-state index in [1.54, 1.807) is 11.6 Å². The van der Waals surface area contributed by atoms with Gasteiger partial charge in [-0.3, -0.25) is 4.79 Å². The van der Waals surface area contributed by atoms with Gasteiger partial charge in [-0.25, -0.2) is 9.48 Å². The van der Waals surface area contributed by atoms with Gasteiger partial charge in [0, 0.05) is 12.1 Å². The Morgan fingerprint density at radius 2 is 1.76 bits per heavy atom. The van der Waals surface area contributed by atoms with Gasteiger partial charge < -0.3 is 9.64 Å². The van der Waals surface area contributed by atoms with Crippen molar-refractivity contribution in [1.82, 2.24) is 14.7 Å². The highest BCUT2D eigenvalue weighted by Gasteiger charge is 2.30. The molecule has 0 saturated carbocycles. The first kappa shape index (κ1) is 21.4. The van der Waals surface area contributed by atoms with E-state index in [2.05, 4.69) is 5.10 Å². The van der Waals surface area contributed by atoms with Crippen molar-refractivity contribution in [1.29, 1.82) is 0 Å². The Morgan fingerprint density at radius 1 is 1.14 bits per heavy atom. The Kier molecular flexibility index (Phi) is 6.63. The number of benzene rings is 1. The van der Waals surface area contributed by atoms with Crippen LogP contribution in [-0.2, 0) is 16.1 Å². The van der Waals surface area contributed by atoms with Gasteiger partial charge in [0.15, 0.2) is 6.61 Å². The maximum Gasteiger partial charge on any atom is 0.343 e. The molecule has 1 aromatic carbocycles. The van der Waals surface area contributed by atoms with E-state index in [0.29, 0.717) is 12.2 Å². The summed E-state index contributed by atoms with van der Waals surface area (Å²) in [5, 5.41) is 4.60. The summed E-state index contributed by atoms with van der Waals surface area (Å²) in [7, 11) is 0. The molecule has 0 unspecified atom stereocenters. The van der Waals surface area contributed by atoms with Crippen molar-refractivity contribution in [3.05, 3.63) is 51.8 Å². The number of hydrogen-bond donors (Lipinski definition) is 0. The third-order valence-corrected chi connectivity index (χ3v) is 5.91. The molecule has 1 fully saturated rings. The molecule has 6 nitrogen and oxygen atoms in total. The first-order valence-corrected chi connectivity index (χ1v) is 10.4. The molecule has 7 heteroatoms. The van der Waals surface area contributed by atoms with Crippen molar-refractivity contribution in [2.24, 2.45) is 0 Å². The number of aromatic nitrogens is 2. The zero-order chi connectivity index (χ0) is 21.1. The minimum atomic E-state index is -0.617. The van der Waals surface area contributed by atoms with Gasteiger partial charge in [0.25, 0.3) is 5.91 Å². The second-order valence-electron chi connectivity index (χ2n) is 7.90. The van der Waals surface area contributed by atoms with E-state index in [-0.39, 0.29) is 35.3 Å². The lowest BCUT2D eigenvalue weighted by Crippen LogP contribution is -2.49. The minimum absolute atomic E-state index is 0.160. The van der Waals surface area contributed by atoms with Crippen LogP contribution < -0.4 is 0 Å². The number of carbonyl (C=O) groups is 2. The lowest BCUT2D eigenvalue weighted by Gasteiger charge is -2.38. The Balaban J connectivity index is 1.67. The van der Waals surface area contributed by atoms with Gasteiger partial charge in [-0.15, -0.1) is 0 Å². The number of ether oxygens (including phenoxy) is 1. The summed E-state index contributed by atoms with van der Waals surface area (Å²) in [4.78, 5) is 27.0. The highest BCUT2D eigenvalue weighted by atomic mass is 35.5. The van der Waals surface area contributed by atoms with Gasteiger partial charge >= 0.3 is 5.97 Å². The van der Waals surface area contributed by atoms with Crippen molar-refractivity contribution in [2.45, 2.75) is 65.6 Å². The summed E-state index contributed by atoms with van der Waals surface area (Å²) in [5.41, 5.74) is 2.90. The fourth-order valence-corrected chi connectivity index (χ4v) is 4.25. The lowest BCUT2D eigenvalue weighted by molar-refractivity contribution is -0.140. The van der Waals surface area contributed by atoms with E-state index in [1.165, 1.54) is 5.56 Å². The van der Waals surface area contributed by atoms with E-state index in [1.807, 2.05) is 49.9 Å². The van der Waals surface area contributed by atoms with Gasteiger partial charge in [-0.05, 0) is 52.5 Å². The van der Waals surface area contributed by atoms with Crippen LogP contribution in [0.3, 0.4) is 0 Å². The molecule has 0 radical (unpaired) electrons. The molecule has 1 aliphatic rings. The second kappa shape index (κ2) is 8.99. The number of halogens is 1. The molecule has 156 valence electrons. The number of rotatable bonds is 5. The van der Waals surface area contributed by atoms with E-state index in [9.17, 15) is 9.59 Å². The number of piperidine rings is 1. The fraction of sp³-hybridized carbons (Fsp3) is 0.500. The van der Waals surface area contributed by atoms with Crippen LogP contribution >= 0.6 is 11.6 Å². The van der Waals surface area contributed by atoms with Crippen LogP contribution in [0, 0.1) is 13.8 Å². The molecule has 1 saturated heterocycles. The smallest absolute Gasteiger partial charge is 0.343 e. The SMILES string of the molecule is Cc1ccc(Cn2nc(C)c(C(=O)OCC(=O)N3[C@@H](C)CCC[C@@H]3C)c2Cl)cc1. The Hall–Kier alpha value is -2.34. The van der Waals surface area contributed by atoms with Crippen LogP contribution in [0.15, 0.2) is 24.3 Å². The van der Waals surface area contributed by atoms with E-state index >= 15 is 0 Å². The van der Waals surface area contributed by atoms with Gasteiger partial charge in [-0.2, -0.15) is 5.10 Å². The summed E-state index contributed by atoms with van der Waals surface area (Å²) < 4.78 is 6.89. The van der Waals surface area contributed by atoms with E-state index in [4.69, 9.17) is 16.3 Å². The predicted molar refractivity (Wildman–Crippen MR) is 112 cm³/mol. The number of nitrogens with zero attached hydrogens (tertiary/aromatic N) is 3. The van der Waals surface area contributed by atoms with Crippen molar-refractivity contribution in [3.8, 4) is 0 Å². The number of amides is 1. The van der Waals surface area contributed by atoms with E-state index in [0.717, 1.165) is 24.8 Å². The van der Waals surface area contributed by atoms with Crippen LogP contribution in [0.4, 0.5) is 0 Å². The highest BCUT2D eigenvalue weighted by molar-refractivity contribution is 6.32. The Labute approximate surface area is 176 Å². The molecule has 2 aromatic rings. The molecule has 0 bridgehead atoms. The summed E-state index contributed by atoms with van der Waals surface area (Å²) in [6.45, 7) is 7.97. The lowest BCUT2D eigenvalue weighted by atomic mass is 9.97. The van der Waals surface area contributed by atoms with Crippen molar-refractivity contribution < 1.29 is 14.3 Å². The summed E-state index contributed by atoms with van der Waals surface area (Å²) >= 11 is 6.42. The maximum atomic E-state index is 12.6. The van der Waals surface area contributed by atoms with Crippen molar-refractivity contribution >= 4 is 23.5 Å². The molecule has 1 aromatic heterocycles. The molecule has 0 aliphatic carbocycles. The molecule has 2 heterocycles. The van der Waals surface area contributed by atoms with Crippen molar-refractivity contribution in [2.75, 3.05) is 6.61 Å². The number of carbonyl (C=O) groups excluding carboxylic acids is 2. The van der Waals surface area contributed by atoms with Gasteiger partial charge in [0.1, 0.15) is 10.7 Å². The minimum Gasteiger partial charge on any atom is -0.452 e. The molecule has 0 spiro atoms. The molecule has 2 atom stereocenters. The number of aryl methyl sites for hydroxylation is 2. The zero-order valence-electron chi connectivity index (χ0n) is 17.4. The van der Waals surface area contributed by atoms with Crippen LogP contribution in [0.5, 0.6) is 0 Å². The second-order valence-corrected chi connectivity index (χ2v) is 8.26. The molecular formula is C22H28ClN3O3. The third-order valence-electron chi connectivity index (χ3n) is 5.53. The van der Waals surface area contributed by atoms with Crippen molar-refractivity contribution in [3.63, 3.8) is 0 Å². The van der Waals surface area contributed by atoms with Gasteiger partial charge in [0.2, 0.25) is 0 Å². The molecule has 1 amide bonds. The third kappa shape index (κ3) is 4.81. The average Bonchev–Trinajstić information content (AvgIpc) is 2.95. The Bertz CT molecular complexity index is 881. The largest absolute Gasteiger partial charge is 0.452 e. The molecule has 1 aliphatic heterocycles. The van der Waals surface area contributed by atoms with Crippen LogP contribution in [-0.4, -0.2) is 45.2 Å².